The van der Waals surface area contributed by atoms with Gasteiger partial charge in [0, 0.05) is 46.5 Å². The summed E-state index contributed by atoms with van der Waals surface area (Å²) in [6, 6.07) is 14.9. The average Bonchev–Trinajstić information content (AvgIpc) is 2.79. The van der Waals surface area contributed by atoms with Crippen LogP contribution in [0.15, 0.2) is 71.1 Å². The second-order valence-electron chi connectivity index (χ2n) is 8.25. The third kappa shape index (κ3) is 5.01. The van der Waals surface area contributed by atoms with Gasteiger partial charge in [-0.2, -0.15) is 0 Å². The summed E-state index contributed by atoms with van der Waals surface area (Å²) in [4.78, 5) is 26.6. The van der Waals surface area contributed by atoms with Gasteiger partial charge in [0.1, 0.15) is 6.61 Å². The van der Waals surface area contributed by atoms with Gasteiger partial charge < -0.3 is 14.8 Å². The molecule has 33 heavy (non-hydrogen) atoms. The Morgan fingerprint density at radius 1 is 0.970 bits per heavy atom. The fourth-order valence-corrected chi connectivity index (χ4v) is 4.82. The molecule has 0 fully saturated rings. The number of dihydropyridines is 1. The van der Waals surface area contributed by atoms with Gasteiger partial charge in [0.15, 0.2) is 5.78 Å². The zero-order valence-electron chi connectivity index (χ0n) is 18.5. The van der Waals surface area contributed by atoms with Crippen LogP contribution >= 0.6 is 23.2 Å². The quantitative estimate of drug-likeness (QED) is 0.429. The van der Waals surface area contributed by atoms with E-state index < -0.39 is 11.9 Å². The van der Waals surface area contributed by atoms with Crippen LogP contribution in [-0.2, 0) is 19.1 Å². The van der Waals surface area contributed by atoms with Crippen molar-refractivity contribution in [2.24, 2.45) is 0 Å². The summed E-state index contributed by atoms with van der Waals surface area (Å²) in [6.07, 6.45) is 1.02. The van der Waals surface area contributed by atoms with E-state index in [-0.39, 0.29) is 18.3 Å². The zero-order valence-corrected chi connectivity index (χ0v) is 20.0. The Bertz CT molecular complexity index is 1120. The number of ether oxygens (including phenoxy) is 2. The van der Waals surface area contributed by atoms with Gasteiger partial charge in [-0.05, 0) is 54.7 Å². The Labute approximate surface area is 203 Å². The normalized spacial score (nSPS) is 20.4. The van der Waals surface area contributed by atoms with Gasteiger partial charge in [0.2, 0.25) is 0 Å². The van der Waals surface area contributed by atoms with Crippen LogP contribution < -0.4 is 5.32 Å². The minimum Gasteiger partial charge on any atom is -0.460 e. The maximum absolute atomic E-state index is 13.5. The number of Topliss-reactive ketones (excluding diaryl/α,β-unsaturated/α-hetero) is 1. The van der Waals surface area contributed by atoms with Crippen molar-refractivity contribution in [3.05, 3.63) is 92.2 Å². The standard InChI is InChI=1S/C26H25Cl2NO4/c1-15-23(26(31)33-12-11-32-2)24(17-5-9-20(28)10-6-17)25-21(29-15)13-18(14-22(25)30)16-3-7-19(27)8-4-16/h3-10,18,24,29H,11-14H2,1-2H3/t18-,24+/m0/s1. The Morgan fingerprint density at radius 2 is 1.58 bits per heavy atom. The van der Waals surface area contributed by atoms with Crippen molar-refractivity contribution in [3.63, 3.8) is 0 Å². The summed E-state index contributed by atoms with van der Waals surface area (Å²) < 4.78 is 10.5. The minimum atomic E-state index is -0.521. The van der Waals surface area contributed by atoms with Crippen molar-refractivity contribution >= 4 is 35.0 Å². The van der Waals surface area contributed by atoms with Gasteiger partial charge in [-0.25, -0.2) is 4.79 Å². The van der Waals surface area contributed by atoms with Crippen LogP contribution in [0.2, 0.25) is 10.0 Å². The van der Waals surface area contributed by atoms with E-state index in [1.165, 1.54) is 0 Å². The Morgan fingerprint density at radius 3 is 2.18 bits per heavy atom. The number of nitrogens with one attached hydrogen (secondary N) is 1. The van der Waals surface area contributed by atoms with Crippen molar-refractivity contribution in [3.8, 4) is 0 Å². The molecule has 0 saturated heterocycles. The highest BCUT2D eigenvalue weighted by Crippen LogP contribution is 2.45. The lowest BCUT2D eigenvalue weighted by Crippen LogP contribution is -2.36. The van der Waals surface area contributed by atoms with Gasteiger partial charge in [-0.15, -0.1) is 0 Å². The molecule has 4 rings (SSSR count). The number of rotatable bonds is 6. The Kier molecular flexibility index (Phi) is 7.23. The number of methoxy groups -OCH3 is 1. The molecule has 0 amide bonds. The maximum atomic E-state index is 13.5. The first-order valence-corrected chi connectivity index (χ1v) is 11.6. The predicted molar refractivity (Wildman–Crippen MR) is 128 cm³/mol. The summed E-state index contributed by atoms with van der Waals surface area (Å²) >= 11 is 12.2. The maximum Gasteiger partial charge on any atom is 0.336 e. The number of hydrogen-bond acceptors (Lipinski definition) is 5. The molecule has 1 aliphatic carbocycles. The first-order valence-electron chi connectivity index (χ1n) is 10.8. The molecule has 2 aromatic rings. The lowest BCUT2D eigenvalue weighted by Gasteiger charge is -2.36. The van der Waals surface area contributed by atoms with E-state index in [2.05, 4.69) is 5.32 Å². The summed E-state index contributed by atoms with van der Waals surface area (Å²) in [7, 11) is 1.55. The Balaban J connectivity index is 1.73. The zero-order chi connectivity index (χ0) is 23.5. The molecular weight excluding hydrogens is 461 g/mol. The van der Waals surface area contributed by atoms with Crippen molar-refractivity contribution in [1.82, 2.24) is 5.32 Å². The van der Waals surface area contributed by atoms with Crippen LogP contribution in [-0.4, -0.2) is 32.1 Å². The van der Waals surface area contributed by atoms with Gasteiger partial charge in [0.25, 0.3) is 0 Å². The van der Waals surface area contributed by atoms with Crippen molar-refractivity contribution < 1.29 is 19.1 Å². The van der Waals surface area contributed by atoms with E-state index in [4.69, 9.17) is 32.7 Å². The third-order valence-corrected chi connectivity index (χ3v) is 6.62. The second-order valence-corrected chi connectivity index (χ2v) is 9.12. The van der Waals surface area contributed by atoms with E-state index >= 15 is 0 Å². The fraction of sp³-hybridized carbons (Fsp3) is 0.308. The first kappa shape index (κ1) is 23.6. The molecule has 1 N–H and O–H groups in total. The molecule has 2 atom stereocenters. The summed E-state index contributed by atoms with van der Waals surface area (Å²) in [6.45, 7) is 2.28. The number of hydrogen-bond donors (Lipinski definition) is 1. The van der Waals surface area contributed by atoms with Crippen molar-refractivity contribution in [2.75, 3.05) is 20.3 Å². The predicted octanol–water partition coefficient (Wildman–Crippen LogP) is 5.54. The molecule has 2 aliphatic rings. The highest BCUT2D eigenvalue weighted by molar-refractivity contribution is 6.30. The number of allylic oxidation sites excluding steroid dienone is 3. The molecule has 0 bridgehead atoms. The average molecular weight is 486 g/mol. The van der Waals surface area contributed by atoms with Gasteiger partial charge >= 0.3 is 5.97 Å². The molecule has 1 aliphatic heterocycles. The summed E-state index contributed by atoms with van der Waals surface area (Å²) in [5.41, 5.74) is 4.47. The monoisotopic (exact) mass is 485 g/mol. The molecule has 5 nitrogen and oxygen atoms in total. The van der Waals surface area contributed by atoms with E-state index in [1.54, 1.807) is 19.2 Å². The van der Waals surface area contributed by atoms with Crippen LogP contribution in [0.3, 0.4) is 0 Å². The lowest BCUT2D eigenvalue weighted by atomic mass is 9.72. The van der Waals surface area contributed by atoms with Crippen LogP contribution in [0.1, 0.15) is 42.7 Å². The SMILES string of the molecule is COCCOC(=O)C1=C(C)NC2=C(C(=O)C[C@@H](c3ccc(Cl)cc3)C2)[C@@H]1c1ccc(Cl)cc1. The van der Waals surface area contributed by atoms with Crippen LogP contribution in [0, 0.1) is 0 Å². The van der Waals surface area contributed by atoms with Gasteiger partial charge in [-0.3, -0.25) is 4.79 Å². The fourth-order valence-electron chi connectivity index (χ4n) is 4.56. The molecule has 0 radical (unpaired) electrons. The molecule has 2 aromatic carbocycles. The largest absolute Gasteiger partial charge is 0.460 e. The van der Waals surface area contributed by atoms with E-state index in [1.807, 2.05) is 43.3 Å². The van der Waals surface area contributed by atoms with Gasteiger partial charge in [0.05, 0.1) is 12.2 Å². The number of esters is 1. The smallest absolute Gasteiger partial charge is 0.336 e. The summed E-state index contributed by atoms with van der Waals surface area (Å²) in [5, 5.41) is 4.60. The minimum absolute atomic E-state index is 0.0124. The lowest BCUT2D eigenvalue weighted by molar-refractivity contribution is -0.140. The van der Waals surface area contributed by atoms with Crippen LogP contribution in [0.4, 0.5) is 0 Å². The van der Waals surface area contributed by atoms with Gasteiger partial charge in [-0.1, -0.05) is 47.5 Å². The van der Waals surface area contributed by atoms with Crippen LogP contribution in [0.25, 0.3) is 0 Å². The molecule has 1 heterocycles. The van der Waals surface area contributed by atoms with E-state index in [0.717, 1.165) is 16.8 Å². The Hall–Kier alpha value is -2.60. The van der Waals surface area contributed by atoms with Crippen molar-refractivity contribution in [2.45, 2.75) is 31.6 Å². The number of carbonyl (C=O) groups is 2. The molecule has 0 aromatic heterocycles. The molecular formula is C26H25Cl2NO4. The van der Waals surface area contributed by atoms with E-state index in [0.29, 0.717) is 46.3 Å². The number of ketones is 1. The second kappa shape index (κ2) is 10.1. The highest BCUT2D eigenvalue weighted by atomic mass is 35.5. The van der Waals surface area contributed by atoms with Crippen LogP contribution in [0.5, 0.6) is 0 Å². The molecule has 172 valence electrons. The molecule has 7 heteroatoms. The molecule has 0 spiro atoms. The summed E-state index contributed by atoms with van der Waals surface area (Å²) in [5.74, 6) is -0.934. The number of carbonyl (C=O) groups excluding carboxylic acids is 2. The third-order valence-electron chi connectivity index (χ3n) is 6.11. The molecule has 0 saturated carbocycles. The highest BCUT2D eigenvalue weighted by Gasteiger charge is 2.41. The van der Waals surface area contributed by atoms with E-state index in [9.17, 15) is 9.59 Å². The number of halogens is 2. The first-order chi connectivity index (χ1) is 15.9. The molecule has 0 unspecified atom stereocenters. The topological polar surface area (TPSA) is 64.6 Å². The van der Waals surface area contributed by atoms with Crippen molar-refractivity contribution in [1.29, 1.82) is 0 Å². The number of benzene rings is 2.